The SMILES string of the molecule is CC[C@H](C)[C@H](N)C(=O)N(Cc1ccccc1OC)C(=O)[C@@H]1CCCN1CC(=O)C12CC3CC(CC(C3)C1)C2. The van der Waals surface area contributed by atoms with E-state index >= 15 is 0 Å². The molecule has 1 aromatic carbocycles. The summed E-state index contributed by atoms with van der Waals surface area (Å²) in [7, 11) is 1.59. The normalized spacial score (nSPS) is 31.7. The topological polar surface area (TPSA) is 92.9 Å². The van der Waals surface area contributed by atoms with Gasteiger partial charge in [0.05, 0.1) is 32.3 Å². The highest BCUT2D eigenvalue weighted by Crippen LogP contribution is 2.60. The molecule has 2 N–H and O–H groups in total. The number of likely N-dealkylation sites (tertiary alicyclic amines) is 1. The quantitative estimate of drug-likeness (QED) is 0.495. The van der Waals surface area contributed by atoms with Crippen LogP contribution in [0.1, 0.15) is 77.2 Å². The first-order chi connectivity index (χ1) is 18.2. The van der Waals surface area contributed by atoms with E-state index in [0.29, 0.717) is 48.8 Å². The van der Waals surface area contributed by atoms with Crippen molar-refractivity contribution in [3.8, 4) is 5.75 Å². The molecule has 0 unspecified atom stereocenters. The van der Waals surface area contributed by atoms with Gasteiger partial charge in [0.2, 0.25) is 11.8 Å². The van der Waals surface area contributed by atoms with E-state index < -0.39 is 12.1 Å². The van der Waals surface area contributed by atoms with Crippen molar-refractivity contribution in [3.63, 3.8) is 0 Å². The van der Waals surface area contributed by atoms with Crippen molar-refractivity contribution in [2.24, 2.45) is 34.8 Å². The van der Waals surface area contributed by atoms with Crippen LogP contribution < -0.4 is 10.5 Å². The molecule has 4 bridgehead atoms. The third-order valence-electron chi connectivity index (χ3n) is 10.2. The van der Waals surface area contributed by atoms with Crippen LogP contribution in [0.15, 0.2) is 24.3 Å². The number of benzene rings is 1. The number of nitrogens with zero attached hydrogens (tertiary/aromatic N) is 2. The van der Waals surface area contributed by atoms with Crippen LogP contribution >= 0.6 is 0 Å². The van der Waals surface area contributed by atoms with Crippen molar-refractivity contribution in [3.05, 3.63) is 29.8 Å². The number of nitrogens with two attached hydrogens (primary N) is 1. The van der Waals surface area contributed by atoms with Crippen molar-refractivity contribution < 1.29 is 19.1 Å². The minimum atomic E-state index is -0.762. The summed E-state index contributed by atoms with van der Waals surface area (Å²) in [5.74, 6) is 2.44. The van der Waals surface area contributed by atoms with Crippen molar-refractivity contribution in [2.45, 2.75) is 90.3 Å². The molecule has 208 valence electrons. The summed E-state index contributed by atoms with van der Waals surface area (Å²) >= 11 is 0. The molecule has 0 radical (unpaired) electrons. The Hall–Kier alpha value is -2.25. The molecule has 1 aromatic rings. The first-order valence-electron chi connectivity index (χ1n) is 14.7. The van der Waals surface area contributed by atoms with E-state index in [4.69, 9.17) is 10.5 Å². The van der Waals surface area contributed by atoms with Crippen molar-refractivity contribution in [2.75, 3.05) is 20.2 Å². The summed E-state index contributed by atoms with van der Waals surface area (Å²) < 4.78 is 5.52. The average molecular weight is 524 g/mol. The molecule has 1 aliphatic heterocycles. The summed E-state index contributed by atoms with van der Waals surface area (Å²) in [5, 5.41) is 0. The van der Waals surface area contributed by atoms with Crippen LogP contribution in [-0.4, -0.2) is 59.7 Å². The Morgan fingerprint density at radius 3 is 2.34 bits per heavy atom. The number of para-hydroxylation sites is 1. The second-order valence-corrected chi connectivity index (χ2v) is 12.7. The Labute approximate surface area is 227 Å². The molecule has 0 aromatic heterocycles. The van der Waals surface area contributed by atoms with Gasteiger partial charge < -0.3 is 10.5 Å². The molecule has 1 saturated heterocycles. The number of hydrogen-bond acceptors (Lipinski definition) is 6. The molecular formula is C31H45N3O4. The van der Waals surface area contributed by atoms with Crippen LogP contribution in [0.5, 0.6) is 5.75 Å². The fraction of sp³-hybridized carbons (Fsp3) is 0.710. The third kappa shape index (κ3) is 5.16. The number of amides is 2. The number of hydrogen-bond donors (Lipinski definition) is 1. The number of carbonyl (C=O) groups excluding carboxylic acids is 3. The van der Waals surface area contributed by atoms with Crippen molar-refractivity contribution in [1.82, 2.24) is 9.80 Å². The van der Waals surface area contributed by atoms with Gasteiger partial charge in [-0.1, -0.05) is 38.5 Å². The van der Waals surface area contributed by atoms with E-state index in [1.807, 2.05) is 38.1 Å². The van der Waals surface area contributed by atoms with Crippen LogP contribution in [0.3, 0.4) is 0 Å². The maximum absolute atomic E-state index is 14.1. The van der Waals surface area contributed by atoms with Crippen LogP contribution in [0.4, 0.5) is 0 Å². The minimum Gasteiger partial charge on any atom is -0.496 e. The summed E-state index contributed by atoms with van der Waals surface area (Å²) in [6.45, 7) is 5.08. The Bertz CT molecular complexity index is 1020. The Morgan fingerprint density at radius 2 is 1.74 bits per heavy atom. The lowest BCUT2D eigenvalue weighted by molar-refractivity contribution is -0.151. The monoisotopic (exact) mass is 523 g/mol. The highest BCUT2D eigenvalue weighted by molar-refractivity contribution is 6.00. The lowest BCUT2D eigenvalue weighted by Crippen LogP contribution is -2.56. The highest BCUT2D eigenvalue weighted by atomic mass is 16.5. The zero-order valence-corrected chi connectivity index (χ0v) is 23.4. The van der Waals surface area contributed by atoms with Crippen molar-refractivity contribution in [1.29, 1.82) is 0 Å². The van der Waals surface area contributed by atoms with Gasteiger partial charge in [0.25, 0.3) is 0 Å². The van der Waals surface area contributed by atoms with E-state index in [9.17, 15) is 14.4 Å². The van der Waals surface area contributed by atoms with E-state index in [2.05, 4.69) is 4.90 Å². The van der Waals surface area contributed by atoms with Crippen molar-refractivity contribution >= 4 is 17.6 Å². The lowest BCUT2D eigenvalue weighted by atomic mass is 9.48. The summed E-state index contributed by atoms with van der Waals surface area (Å²) in [5.41, 5.74) is 6.96. The number of ketones is 1. The first kappa shape index (κ1) is 27.3. The molecule has 4 saturated carbocycles. The smallest absolute Gasteiger partial charge is 0.246 e. The number of ether oxygens (including phenoxy) is 1. The molecule has 1 heterocycles. The highest BCUT2D eigenvalue weighted by Gasteiger charge is 2.54. The van der Waals surface area contributed by atoms with Gasteiger partial charge in [0.15, 0.2) is 5.78 Å². The Balaban J connectivity index is 1.35. The lowest BCUT2D eigenvalue weighted by Gasteiger charge is -2.56. The zero-order valence-electron chi connectivity index (χ0n) is 23.4. The second-order valence-electron chi connectivity index (χ2n) is 12.7. The van der Waals surface area contributed by atoms with Gasteiger partial charge in [-0.05, 0) is 87.6 Å². The number of Topliss-reactive ketones (excluding diaryl/α,β-unsaturated/α-hetero) is 1. The first-order valence-corrected chi connectivity index (χ1v) is 14.7. The molecular weight excluding hydrogens is 478 g/mol. The van der Waals surface area contributed by atoms with Gasteiger partial charge in [0, 0.05) is 11.0 Å². The maximum Gasteiger partial charge on any atom is 0.246 e. The van der Waals surface area contributed by atoms with Gasteiger partial charge in [-0.15, -0.1) is 0 Å². The summed E-state index contributed by atoms with van der Waals surface area (Å²) in [6.07, 6.45) is 9.25. The molecule has 7 nitrogen and oxygen atoms in total. The molecule has 3 atom stereocenters. The second kappa shape index (κ2) is 11.1. The van der Waals surface area contributed by atoms with Crippen LogP contribution in [0.2, 0.25) is 0 Å². The molecule has 5 aliphatic rings. The fourth-order valence-electron chi connectivity index (χ4n) is 8.22. The average Bonchev–Trinajstić information content (AvgIpc) is 3.37. The predicted molar refractivity (Wildman–Crippen MR) is 146 cm³/mol. The van der Waals surface area contributed by atoms with E-state index in [1.165, 1.54) is 24.2 Å². The standard InChI is InChI=1S/C31H45N3O4/c1-4-20(2)28(32)30(37)34(18-24-8-5-6-10-26(24)38-3)29(36)25-9-7-11-33(25)19-27(35)31-15-21-12-22(16-31)14-23(13-21)17-31/h5-6,8,10,20-23,25,28H,4,7,9,11-19,32H2,1-3H3/t20-,21?,22?,23?,25-,28-,31?/m0/s1. The molecule has 2 amide bonds. The summed E-state index contributed by atoms with van der Waals surface area (Å²) in [6, 6.07) is 6.23. The van der Waals surface area contributed by atoms with Crippen LogP contribution in [0.25, 0.3) is 0 Å². The van der Waals surface area contributed by atoms with Gasteiger partial charge in [-0.25, -0.2) is 0 Å². The van der Waals surface area contributed by atoms with E-state index in [0.717, 1.165) is 37.7 Å². The van der Waals surface area contributed by atoms with Gasteiger partial charge in [0.1, 0.15) is 5.75 Å². The van der Waals surface area contributed by atoms with Gasteiger partial charge in [-0.3, -0.25) is 24.2 Å². The molecule has 7 heteroatoms. The molecule has 38 heavy (non-hydrogen) atoms. The maximum atomic E-state index is 14.1. The molecule has 4 aliphatic carbocycles. The third-order valence-corrected chi connectivity index (χ3v) is 10.2. The molecule has 6 rings (SSSR count). The largest absolute Gasteiger partial charge is 0.496 e. The number of carbonyl (C=O) groups is 3. The summed E-state index contributed by atoms with van der Waals surface area (Å²) in [4.78, 5) is 45.0. The Kier molecular flexibility index (Phi) is 7.97. The van der Waals surface area contributed by atoms with E-state index in [-0.39, 0.29) is 29.7 Å². The minimum absolute atomic E-state index is 0.0483. The van der Waals surface area contributed by atoms with Gasteiger partial charge in [-0.2, -0.15) is 0 Å². The van der Waals surface area contributed by atoms with Crippen LogP contribution in [-0.2, 0) is 20.9 Å². The zero-order chi connectivity index (χ0) is 27.0. The number of rotatable bonds is 10. The number of methoxy groups -OCH3 is 1. The van der Waals surface area contributed by atoms with E-state index in [1.54, 1.807) is 7.11 Å². The number of imide groups is 1. The van der Waals surface area contributed by atoms with Gasteiger partial charge >= 0.3 is 0 Å². The fourth-order valence-corrected chi connectivity index (χ4v) is 8.22. The predicted octanol–water partition coefficient (Wildman–Crippen LogP) is 4.17. The molecule has 0 spiro atoms. The Morgan fingerprint density at radius 1 is 1.11 bits per heavy atom. The molecule has 5 fully saturated rings. The van der Waals surface area contributed by atoms with Crippen LogP contribution in [0, 0.1) is 29.1 Å².